The van der Waals surface area contributed by atoms with Gasteiger partial charge in [-0.3, -0.25) is 4.79 Å². The molecule has 144 valence electrons. The molecule has 0 aliphatic rings. The second-order valence-corrected chi connectivity index (χ2v) is 7.42. The molecule has 0 atom stereocenters. The summed E-state index contributed by atoms with van der Waals surface area (Å²) >= 11 is 3.40. The minimum Gasteiger partial charge on any atom is -1.00 e. The molecule has 0 spiro atoms. The number of hydrogen-bond donors (Lipinski definition) is 0. The van der Waals surface area contributed by atoms with E-state index >= 15 is 0 Å². The lowest BCUT2D eigenvalue weighted by Crippen LogP contribution is -3.00. The van der Waals surface area contributed by atoms with E-state index in [2.05, 4.69) is 39.6 Å². The van der Waals surface area contributed by atoms with Gasteiger partial charge >= 0.3 is 0 Å². The number of aromatic nitrogens is 2. The molecule has 0 bridgehead atoms. The zero-order valence-electron chi connectivity index (χ0n) is 15.4. The van der Waals surface area contributed by atoms with Crippen LogP contribution in [0, 0.1) is 0 Å². The van der Waals surface area contributed by atoms with Crippen molar-refractivity contribution in [2.45, 2.75) is 26.4 Å². The summed E-state index contributed by atoms with van der Waals surface area (Å²) in [6.07, 6.45) is 4.82. The fourth-order valence-electron chi connectivity index (χ4n) is 3.36. The van der Waals surface area contributed by atoms with E-state index in [-0.39, 0.29) is 22.8 Å². The van der Waals surface area contributed by atoms with E-state index in [4.69, 9.17) is 4.42 Å². The molecule has 0 radical (unpaired) electrons. The van der Waals surface area contributed by atoms with Gasteiger partial charge in [-0.25, -0.2) is 9.13 Å². The number of furan rings is 1. The Hall–Kier alpha value is -2.18. The number of imidazole rings is 1. The summed E-state index contributed by atoms with van der Waals surface area (Å²) in [4.78, 5) is 12.6. The number of carbonyl (C=O) groups excluding carboxylic acids is 1. The van der Waals surface area contributed by atoms with Gasteiger partial charge in [-0.05, 0) is 24.3 Å². The lowest BCUT2D eigenvalue weighted by molar-refractivity contribution is -0.690. The van der Waals surface area contributed by atoms with Gasteiger partial charge in [-0.1, -0.05) is 53.2 Å². The van der Waals surface area contributed by atoms with Crippen molar-refractivity contribution in [3.8, 4) is 0 Å². The average molecular weight is 504 g/mol. The molecule has 0 fully saturated rings. The van der Waals surface area contributed by atoms with Crippen LogP contribution in [0.5, 0.6) is 0 Å². The first-order chi connectivity index (χ1) is 13.1. The van der Waals surface area contributed by atoms with Crippen molar-refractivity contribution < 1.29 is 30.8 Å². The van der Waals surface area contributed by atoms with Gasteiger partial charge < -0.3 is 21.4 Å². The molecule has 2 aromatic heterocycles. The maximum atomic E-state index is 12.6. The number of benzene rings is 2. The lowest BCUT2D eigenvalue weighted by atomic mass is 10.1. The minimum absolute atomic E-state index is 0. The number of para-hydroxylation sites is 1. The van der Waals surface area contributed by atoms with Crippen molar-refractivity contribution in [2.75, 3.05) is 0 Å². The topological polar surface area (TPSA) is 39.0 Å². The highest BCUT2D eigenvalue weighted by Gasteiger charge is 2.20. The third-order valence-corrected chi connectivity index (χ3v) is 5.22. The second kappa shape index (κ2) is 8.88. The van der Waals surface area contributed by atoms with Gasteiger partial charge in [0.1, 0.15) is 30.3 Å². The fraction of sp³-hybridized carbons (Fsp3) is 0.182. The van der Waals surface area contributed by atoms with Crippen LogP contribution in [0.4, 0.5) is 0 Å². The summed E-state index contributed by atoms with van der Waals surface area (Å²) in [5.41, 5.74) is 1.62. The van der Waals surface area contributed by atoms with Crippen LogP contribution in [0.15, 0.2) is 75.9 Å². The summed E-state index contributed by atoms with van der Waals surface area (Å²) in [6, 6.07) is 17.6. The van der Waals surface area contributed by atoms with Gasteiger partial charge in [0.05, 0.1) is 0 Å². The molecule has 2 heterocycles. The quantitative estimate of drug-likeness (QED) is 0.297. The molecular weight excluding hydrogens is 484 g/mol. The number of Topliss-reactive ketones (excluding diaryl/α,β-unsaturated/α-hetero) is 1. The van der Waals surface area contributed by atoms with E-state index in [0.29, 0.717) is 13.1 Å². The molecule has 0 N–H and O–H groups in total. The summed E-state index contributed by atoms with van der Waals surface area (Å²) in [5.74, 6) is 2.11. The molecule has 0 amide bonds. The standard InChI is InChI=1S/C22H20BrN2O2.BrH/c1-2-22-24(14-19-13-17-5-3-4-6-21(17)27-19)11-12-25(22)15-20(26)16-7-9-18(23)10-8-16;/h3-13H,2,14-15H2,1H3;1H/q+1;/p-1. The molecule has 2 aromatic carbocycles. The predicted molar refractivity (Wildman–Crippen MR) is 108 cm³/mol. The van der Waals surface area contributed by atoms with E-state index in [9.17, 15) is 4.79 Å². The monoisotopic (exact) mass is 502 g/mol. The summed E-state index contributed by atoms with van der Waals surface area (Å²) in [5, 5.41) is 1.11. The highest BCUT2D eigenvalue weighted by Crippen LogP contribution is 2.20. The molecule has 0 unspecified atom stereocenters. The van der Waals surface area contributed by atoms with Gasteiger partial charge in [-0.15, -0.1) is 0 Å². The van der Waals surface area contributed by atoms with E-state index in [1.165, 1.54) is 0 Å². The summed E-state index contributed by atoms with van der Waals surface area (Å²) < 4.78 is 11.1. The Morgan fingerprint density at radius 1 is 1.14 bits per heavy atom. The Morgan fingerprint density at radius 3 is 2.61 bits per heavy atom. The van der Waals surface area contributed by atoms with Gasteiger partial charge in [0.15, 0.2) is 6.54 Å². The molecular formula is C22H20Br2N2O2. The summed E-state index contributed by atoms with van der Waals surface area (Å²) in [6.45, 7) is 3.08. The van der Waals surface area contributed by atoms with Crippen LogP contribution >= 0.6 is 15.9 Å². The zero-order valence-corrected chi connectivity index (χ0v) is 18.6. The van der Waals surface area contributed by atoms with Crippen molar-refractivity contribution in [3.05, 3.63) is 88.6 Å². The molecule has 4 aromatic rings. The van der Waals surface area contributed by atoms with Crippen LogP contribution < -0.4 is 21.5 Å². The number of fused-ring (bicyclic) bond motifs is 1. The number of nitrogens with zero attached hydrogens (tertiary/aromatic N) is 2. The highest BCUT2D eigenvalue weighted by atomic mass is 79.9. The molecule has 6 heteroatoms. The van der Waals surface area contributed by atoms with Crippen LogP contribution in [-0.4, -0.2) is 10.4 Å². The Morgan fingerprint density at radius 2 is 1.89 bits per heavy atom. The Kier molecular flexibility index (Phi) is 6.52. The Labute approximate surface area is 182 Å². The van der Waals surface area contributed by atoms with Gasteiger partial charge in [-0.2, -0.15) is 0 Å². The predicted octanol–water partition coefficient (Wildman–Crippen LogP) is 1.78. The van der Waals surface area contributed by atoms with Crippen molar-refractivity contribution in [1.29, 1.82) is 0 Å². The van der Waals surface area contributed by atoms with Gasteiger partial charge in [0, 0.05) is 21.8 Å². The maximum absolute atomic E-state index is 12.6. The van der Waals surface area contributed by atoms with Crippen LogP contribution in [0.1, 0.15) is 28.9 Å². The first kappa shape index (κ1) is 20.6. The number of hydrogen-bond acceptors (Lipinski definition) is 2. The van der Waals surface area contributed by atoms with Crippen molar-refractivity contribution >= 4 is 32.7 Å². The van der Waals surface area contributed by atoms with Crippen LogP contribution in [0.2, 0.25) is 0 Å². The normalized spacial score (nSPS) is 10.8. The Balaban J connectivity index is 0.00000225. The number of carbonyl (C=O) groups is 1. The van der Waals surface area contributed by atoms with E-state index in [1.54, 1.807) is 0 Å². The van der Waals surface area contributed by atoms with Crippen molar-refractivity contribution in [1.82, 2.24) is 4.57 Å². The van der Waals surface area contributed by atoms with E-state index < -0.39 is 0 Å². The number of ketones is 1. The second-order valence-electron chi connectivity index (χ2n) is 6.50. The minimum atomic E-state index is 0. The van der Waals surface area contributed by atoms with Gasteiger partial charge in [0.25, 0.3) is 5.82 Å². The largest absolute Gasteiger partial charge is 1.00 e. The fourth-order valence-corrected chi connectivity index (χ4v) is 3.62. The van der Waals surface area contributed by atoms with Crippen LogP contribution in [0.25, 0.3) is 11.0 Å². The maximum Gasteiger partial charge on any atom is 0.256 e. The molecule has 28 heavy (non-hydrogen) atoms. The molecule has 0 aliphatic heterocycles. The molecule has 0 saturated heterocycles. The first-order valence-electron chi connectivity index (χ1n) is 8.97. The molecule has 0 aliphatic carbocycles. The number of rotatable bonds is 6. The van der Waals surface area contributed by atoms with Crippen LogP contribution in [-0.2, 0) is 19.5 Å². The molecule has 4 nitrogen and oxygen atoms in total. The van der Waals surface area contributed by atoms with Crippen molar-refractivity contribution in [2.24, 2.45) is 0 Å². The smallest absolute Gasteiger partial charge is 0.256 e. The van der Waals surface area contributed by atoms with Gasteiger partial charge in [0.2, 0.25) is 5.78 Å². The third kappa shape index (κ3) is 4.28. The summed E-state index contributed by atoms with van der Waals surface area (Å²) in [7, 11) is 0. The average Bonchev–Trinajstić information content (AvgIpc) is 3.25. The van der Waals surface area contributed by atoms with Crippen LogP contribution in [0.3, 0.4) is 0 Å². The number of halogens is 2. The van der Waals surface area contributed by atoms with E-state index in [1.807, 2.05) is 59.4 Å². The van der Waals surface area contributed by atoms with E-state index in [0.717, 1.165) is 39.0 Å². The van der Waals surface area contributed by atoms with Crippen molar-refractivity contribution in [3.63, 3.8) is 0 Å². The SMILES string of the molecule is CCc1n(Cc2cc3ccccc3o2)cc[n+]1CC(=O)c1ccc(Br)cc1.[Br-]. The lowest BCUT2D eigenvalue weighted by Gasteiger charge is -2.03. The zero-order chi connectivity index (χ0) is 18.8. The molecule has 4 rings (SSSR count). The highest BCUT2D eigenvalue weighted by molar-refractivity contribution is 9.10. The third-order valence-electron chi connectivity index (χ3n) is 4.69. The first-order valence-corrected chi connectivity index (χ1v) is 9.77. The molecule has 0 saturated carbocycles. The Bertz CT molecular complexity index is 1060.